The number of carboxylic acid groups (broad SMARTS) is 2. The van der Waals surface area contributed by atoms with E-state index in [-0.39, 0.29) is 34.7 Å². The Bertz CT molecular complexity index is 1240. The Kier molecular flexibility index (Phi) is 7.45. The van der Waals surface area contributed by atoms with Crippen LogP contribution < -0.4 is 9.91 Å². The van der Waals surface area contributed by atoms with Gasteiger partial charge in [-0.25, -0.2) is 14.4 Å². The highest BCUT2D eigenvalue weighted by Crippen LogP contribution is 2.27. The lowest BCUT2D eigenvalue weighted by molar-refractivity contribution is -0.135. The van der Waals surface area contributed by atoms with Gasteiger partial charge in [-0.05, 0) is 48.9 Å². The fourth-order valence-electron chi connectivity index (χ4n) is 3.21. The van der Waals surface area contributed by atoms with Crippen molar-refractivity contribution in [2.45, 2.75) is 6.92 Å². The summed E-state index contributed by atoms with van der Waals surface area (Å²) in [7, 11) is 3.85. The third-order valence-corrected chi connectivity index (χ3v) is 4.96. The molecule has 0 radical (unpaired) electrons. The average Bonchev–Trinajstić information content (AvgIpc) is 3.15. The Morgan fingerprint density at radius 1 is 1.03 bits per heavy atom. The molecule has 35 heavy (non-hydrogen) atoms. The van der Waals surface area contributed by atoms with E-state index in [9.17, 15) is 29.4 Å². The SMILES string of the molecule is CCOC(=O)C1=NN(c2cc(C(=O)O)cc(C(=O)O)c2)C(=O)C1=CC=Cc1ccc(N(C)C)cc1. The summed E-state index contributed by atoms with van der Waals surface area (Å²) in [6, 6.07) is 10.8. The third kappa shape index (κ3) is 5.61. The number of esters is 1. The Labute approximate surface area is 201 Å². The van der Waals surface area contributed by atoms with Crippen LogP contribution in [0.3, 0.4) is 0 Å². The van der Waals surface area contributed by atoms with Crippen molar-refractivity contribution in [2.24, 2.45) is 5.10 Å². The number of carbonyl (C=O) groups excluding carboxylic acids is 2. The van der Waals surface area contributed by atoms with Crippen LogP contribution in [-0.2, 0) is 14.3 Å². The minimum absolute atomic E-state index is 0.0467. The quantitative estimate of drug-likeness (QED) is 0.437. The lowest BCUT2D eigenvalue weighted by atomic mass is 10.1. The zero-order chi connectivity index (χ0) is 25.7. The molecule has 3 rings (SSSR count). The molecular weight excluding hydrogens is 454 g/mol. The number of hydrazone groups is 1. The maximum absolute atomic E-state index is 13.2. The van der Waals surface area contributed by atoms with Crippen molar-refractivity contribution in [1.82, 2.24) is 0 Å². The summed E-state index contributed by atoms with van der Waals surface area (Å²) in [6.07, 6.45) is 4.71. The number of benzene rings is 2. The van der Waals surface area contributed by atoms with Gasteiger partial charge in [-0.1, -0.05) is 24.3 Å². The van der Waals surface area contributed by atoms with E-state index in [2.05, 4.69) is 5.10 Å². The summed E-state index contributed by atoms with van der Waals surface area (Å²) in [4.78, 5) is 50.5. The van der Waals surface area contributed by atoms with E-state index in [0.717, 1.165) is 34.5 Å². The van der Waals surface area contributed by atoms with Gasteiger partial charge in [0.15, 0.2) is 5.71 Å². The van der Waals surface area contributed by atoms with Crippen molar-refractivity contribution in [3.05, 3.63) is 76.9 Å². The van der Waals surface area contributed by atoms with Gasteiger partial charge in [-0.15, -0.1) is 0 Å². The first kappa shape index (κ1) is 24.9. The number of rotatable bonds is 8. The zero-order valence-corrected chi connectivity index (χ0v) is 19.3. The minimum Gasteiger partial charge on any atom is -0.478 e. The Morgan fingerprint density at radius 3 is 2.14 bits per heavy atom. The van der Waals surface area contributed by atoms with Crippen LogP contribution >= 0.6 is 0 Å². The predicted octanol–water partition coefficient (Wildman–Crippen LogP) is 3.05. The zero-order valence-electron chi connectivity index (χ0n) is 19.3. The van der Waals surface area contributed by atoms with Crippen molar-refractivity contribution in [3.63, 3.8) is 0 Å². The third-order valence-electron chi connectivity index (χ3n) is 4.96. The van der Waals surface area contributed by atoms with E-state index in [4.69, 9.17) is 4.74 Å². The summed E-state index contributed by atoms with van der Waals surface area (Å²) in [5, 5.41) is 23.5. The van der Waals surface area contributed by atoms with Crippen LogP contribution in [0.5, 0.6) is 0 Å². The summed E-state index contributed by atoms with van der Waals surface area (Å²) < 4.78 is 5.01. The smallest absolute Gasteiger partial charge is 0.359 e. The summed E-state index contributed by atoms with van der Waals surface area (Å²) in [6.45, 7) is 1.65. The monoisotopic (exact) mass is 477 g/mol. The Morgan fingerprint density at radius 2 is 1.63 bits per heavy atom. The first-order valence-electron chi connectivity index (χ1n) is 10.5. The number of aromatic carboxylic acids is 2. The van der Waals surface area contributed by atoms with Crippen LogP contribution in [0.15, 0.2) is 65.3 Å². The van der Waals surface area contributed by atoms with Crippen molar-refractivity contribution in [3.8, 4) is 0 Å². The van der Waals surface area contributed by atoms with Gasteiger partial charge < -0.3 is 19.8 Å². The molecule has 1 heterocycles. The molecule has 10 heteroatoms. The molecule has 0 saturated heterocycles. The fourth-order valence-corrected chi connectivity index (χ4v) is 3.21. The number of ether oxygens (including phenoxy) is 1. The van der Waals surface area contributed by atoms with E-state index in [1.54, 1.807) is 19.1 Å². The highest BCUT2D eigenvalue weighted by Gasteiger charge is 2.36. The molecule has 180 valence electrons. The van der Waals surface area contributed by atoms with Crippen molar-refractivity contribution in [1.29, 1.82) is 0 Å². The lowest BCUT2D eigenvalue weighted by Gasteiger charge is -2.13. The number of anilines is 2. The van der Waals surface area contributed by atoms with Crippen molar-refractivity contribution in [2.75, 3.05) is 30.6 Å². The molecule has 0 unspecified atom stereocenters. The van der Waals surface area contributed by atoms with Gasteiger partial charge in [0.05, 0.1) is 29.0 Å². The fraction of sp³-hybridized carbons (Fsp3) is 0.160. The first-order valence-corrected chi connectivity index (χ1v) is 10.5. The second-order valence-corrected chi connectivity index (χ2v) is 7.59. The number of allylic oxidation sites excluding steroid dienone is 2. The van der Waals surface area contributed by atoms with Gasteiger partial charge in [-0.2, -0.15) is 10.1 Å². The van der Waals surface area contributed by atoms with E-state index < -0.39 is 23.8 Å². The number of carbonyl (C=O) groups is 4. The van der Waals surface area contributed by atoms with Crippen LogP contribution in [0.4, 0.5) is 11.4 Å². The number of hydrogen-bond donors (Lipinski definition) is 2. The minimum atomic E-state index is -1.38. The second-order valence-electron chi connectivity index (χ2n) is 7.59. The van der Waals surface area contributed by atoms with Crippen molar-refractivity contribution < 1.29 is 34.1 Å². The normalized spacial score (nSPS) is 14.4. The van der Waals surface area contributed by atoms with Gasteiger partial charge >= 0.3 is 17.9 Å². The standard InChI is InChI=1S/C25H23N3O7/c1-4-35-25(34)21-20(7-5-6-15-8-10-18(11-9-15)27(2)3)22(29)28(26-21)19-13-16(23(30)31)12-17(14-19)24(32)33/h5-14H,4H2,1-3H3,(H,30,31)(H,32,33). The van der Waals surface area contributed by atoms with Gasteiger partial charge in [0, 0.05) is 19.8 Å². The summed E-state index contributed by atoms with van der Waals surface area (Å²) >= 11 is 0. The van der Waals surface area contributed by atoms with Crippen LogP contribution in [-0.4, -0.2) is 60.4 Å². The predicted molar refractivity (Wildman–Crippen MR) is 130 cm³/mol. The Balaban J connectivity index is 2.00. The van der Waals surface area contributed by atoms with Gasteiger partial charge in [-0.3, -0.25) is 4.79 Å². The van der Waals surface area contributed by atoms with Crippen LogP contribution in [0, 0.1) is 0 Å². The molecule has 0 aromatic heterocycles. The van der Waals surface area contributed by atoms with E-state index in [1.165, 1.54) is 6.08 Å². The number of carboxylic acids is 2. The first-order chi connectivity index (χ1) is 16.6. The maximum Gasteiger partial charge on any atom is 0.359 e. The number of amides is 1. The largest absolute Gasteiger partial charge is 0.478 e. The average molecular weight is 477 g/mol. The summed E-state index contributed by atoms with van der Waals surface area (Å²) in [5.74, 6) is -4.34. The van der Waals surface area contributed by atoms with Crippen LogP contribution in [0.2, 0.25) is 0 Å². The molecule has 1 amide bonds. The molecule has 2 N–H and O–H groups in total. The topological polar surface area (TPSA) is 137 Å². The van der Waals surface area contributed by atoms with E-state index >= 15 is 0 Å². The molecule has 0 spiro atoms. The highest BCUT2D eigenvalue weighted by atomic mass is 16.5. The molecule has 0 aliphatic carbocycles. The highest BCUT2D eigenvalue weighted by molar-refractivity contribution is 6.53. The number of hydrogen-bond acceptors (Lipinski definition) is 7. The number of nitrogens with zero attached hydrogens (tertiary/aromatic N) is 3. The van der Waals surface area contributed by atoms with Gasteiger partial charge in [0.2, 0.25) is 0 Å². The lowest BCUT2D eigenvalue weighted by Crippen LogP contribution is -2.23. The van der Waals surface area contributed by atoms with E-state index in [1.807, 2.05) is 43.3 Å². The molecular formula is C25H23N3O7. The van der Waals surface area contributed by atoms with Gasteiger partial charge in [0.1, 0.15) is 0 Å². The van der Waals surface area contributed by atoms with Crippen molar-refractivity contribution >= 4 is 47.0 Å². The van der Waals surface area contributed by atoms with Crippen LogP contribution in [0.1, 0.15) is 33.2 Å². The molecule has 0 saturated carbocycles. The molecule has 0 fully saturated rings. The van der Waals surface area contributed by atoms with Crippen LogP contribution in [0.25, 0.3) is 6.08 Å². The summed E-state index contributed by atoms with van der Waals surface area (Å²) in [5.41, 5.74) is 0.705. The molecule has 0 atom stereocenters. The molecule has 0 bridgehead atoms. The maximum atomic E-state index is 13.2. The molecule has 1 aliphatic rings. The van der Waals surface area contributed by atoms with E-state index in [0.29, 0.717) is 0 Å². The Hall–Kier alpha value is -4.73. The molecule has 2 aromatic carbocycles. The molecule has 10 nitrogen and oxygen atoms in total. The molecule has 1 aliphatic heterocycles. The second kappa shape index (κ2) is 10.5. The molecule has 2 aromatic rings. The van der Waals surface area contributed by atoms with Gasteiger partial charge in [0.25, 0.3) is 5.91 Å².